The number of thioether (sulfide) groups is 1. The van der Waals surface area contributed by atoms with Gasteiger partial charge in [-0.05, 0) is 30.3 Å². The van der Waals surface area contributed by atoms with E-state index < -0.39 is 0 Å². The third-order valence-electron chi connectivity index (χ3n) is 3.18. The summed E-state index contributed by atoms with van der Waals surface area (Å²) in [7, 11) is 1.86. The third kappa shape index (κ3) is 4.71. The molecule has 0 spiro atoms. The first-order valence-corrected chi connectivity index (χ1v) is 7.47. The summed E-state index contributed by atoms with van der Waals surface area (Å²) in [4.78, 5) is 11.6. The maximum atomic E-state index is 11.6. The first kappa shape index (κ1) is 16.3. The average Bonchev–Trinajstić information content (AvgIpc) is 2.42. The Hall–Kier alpha value is -0.710. The number of amides is 1. The van der Waals surface area contributed by atoms with Crippen LogP contribution >= 0.6 is 24.2 Å². The molecule has 106 valence electrons. The molecule has 1 aromatic rings. The number of aryl methyl sites for hydroxylation is 1. The van der Waals surface area contributed by atoms with Crippen LogP contribution in [0, 0.1) is 0 Å². The monoisotopic (exact) mass is 300 g/mol. The van der Waals surface area contributed by atoms with Crippen molar-refractivity contribution in [1.82, 2.24) is 10.6 Å². The van der Waals surface area contributed by atoms with Crippen LogP contribution in [-0.4, -0.2) is 31.8 Å². The van der Waals surface area contributed by atoms with Crippen molar-refractivity contribution in [1.29, 1.82) is 0 Å². The van der Waals surface area contributed by atoms with Gasteiger partial charge in [0.25, 0.3) is 0 Å². The van der Waals surface area contributed by atoms with E-state index in [-0.39, 0.29) is 18.3 Å². The summed E-state index contributed by atoms with van der Waals surface area (Å²) in [5, 5.41) is 6.43. The van der Waals surface area contributed by atoms with Crippen LogP contribution in [0.15, 0.2) is 24.3 Å². The van der Waals surface area contributed by atoms with Crippen LogP contribution in [0.25, 0.3) is 0 Å². The first-order chi connectivity index (χ1) is 8.81. The van der Waals surface area contributed by atoms with Gasteiger partial charge in [0.1, 0.15) is 0 Å². The molecular formula is C14H21ClN2OS. The quantitative estimate of drug-likeness (QED) is 0.875. The molecule has 2 N–H and O–H groups in total. The van der Waals surface area contributed by atoms with E-state index in [9.17, 15) is 4.79 Å². The second kappa shape index (κ2) is 8.46. The lowest BCUT2D eigenvalue weighted by Gasteiger charge is -2.25. The molecule has 3 nitrogen and oxygen atoms in total. The SMILES string of the molecule is CNCCC(=O)NCC1SCCc2ccccc21.Cl. The second-order valence-electron chi connectivity index (χ2n) is 4.47. The van der Waals surface area contributed by atoms with Crippen LogP contribution < -0.4 is 10.6 Å². The number of fused-ring (bicyclic) bond motifs is 1. The summed E-state index contributed by atoms with van der Waals surface area (Å²) in [6.45, 7) is 1.48. The summed E-state index contributed by atoms with van der Waals surface area (Å²) in [5.74, 6) is 1.28. The zero-order valence-electron chi connectivity index (χ0n) is 11.1. The van der Waals surface area contributed by atoms with Gasteiger partial charge >= 0.3 is 0 Å². The van der Waals surface area contributed by atoms with Gasteiger partial charge in [-0.1, -0.05) is 24.3 Å². The molecule has 0 radical (unpaired) electrons. The predicted molar refractivity (Wildman–Crippen MR) is 84.1 cm³/mol. The van der Waals surface area contributed by atoms with Gasteiger partial charge < -0.3 is 10.6 Å². The van der Waals surface area contributed by atoms with Crippen LogP contribution in [0.1, 0.15) is 22.8 Å². The van der Waals surface area contributed by atoms with Gasteiger partial charge in [0.05, 0.1) is 0 Å². The van der Waals surface area contributed by atoms with Crippen molar-refractivity contribution >= 4 is 30.1 Å². The molecular weight excluding hydrogens is 280 g/mol. The first-order valence-electron chi connectivity index (χ1n) is 6.42. The number of carbonyl (C=O) groups excluding carboxylic acids is 1. The number of hydrogen-bond donors (Lipinski definition) is 2. The van der Waals surface area contributed by atoms with Gasteiger partial charge in [0.15, 0.2) is 0 Å². The minimum Gasteiger partial charge on any atom is -0.355 e. The lowest BCUT2D eigenvalue weighted by molar-refractivity contribution is -0.120. The van der Waals surface area contributed by atoms with E-state index in [2.05, 4.69) is 34.9 Å². The minimum atomic E-state index is 0. The smallest absolute Gasteiger partial charge is 0.221 e. The van der Waals surface area contributed by atoms with Gasteiger partial charge in [0.2, 0.25) is 5.91 Å². The second-order valence-corrected chi connectivity index (χ2v) is 5.78. The van der Waals surface area contributed by atoms with Crippen molar-refractivity contribution < 1.29 is 4.79 Å². The van der Waals surface area contributed by atoms with E-state index in [0.29, 0.717) is 11.7 Å². The maximum absolute atomic E-state index is 11.6. The molecule has 1 aliphatic heterocycles. The van der Waals surface area contributed by atoms with Crippen molar-refractivity contribution in [3.05, 3.63) is 35.4 Å². The molecule has 0 bridgehead atoms. The maximum Gasteiger partial charge on any atom is 0.221 e. The topological polar surface area (TPSA) is 41.1 Å². The number of rotatable bonds is 5. The van der Waals surface area contributed by atoms with E-state index in [1.54, 1.807) is 0 Å². The molecule has 1 heterocycles. The van der Waals surface area contributed by atoms with Crippen molar-refractivity contribution in [3.63, 3.8) is 0 Å². The van der Waals surface area contributed by atoms with Crippen LogP contribution in [0.5, 0.6) is 0 Å². The minimum absolute atomic E-state index is 0. The molecule has 5 heteroatoms. The normalized spacial score (nSPS) is 17.2. The third-order valence-corrected chi connectivity index (χ3v) is 4.44. The molecule has 0 fully saturated rings. The predicted octanol–water partition coefficient (Wildman–Crippen LogP) is 2.16. The van der Waals surface area contributed by atoms with Gasteiger partial charge in [-0.2, -0.15) is 11.8 Å². The Labute approximate surface area is 125 Å². The fraction of sp³-hybridized carbons (Fsp3) is 0.500. The van der Waals surface area contributed by atoms with Crippen molar-refractivity contribution in [2.24, 2.45) is 0 Å². The lowest BCUT2D eigenvalue weighted by Crippen LogP contribution is -2.30. The highest BCUT2D eigenvalue weighted by molar-refractivity contribution is 7.99. The van der Waals surface area contributed by atoms with E-state index in [1.165, 1.54) is 11.1 Å². The summed E-state index contributed by atoms with van der Waals surface area (Å²) < 4.78 is 0. The number of nitrogens with one attached hydrogen (secondary N) is 2. The average molecular weight is 301 g/mol. The molecule has 1 unspecified atom stereocenters. The molecule has 0 saturated heterocycles. The summed E-state index contributed by atoms with van der Waals surface area (Å²) in [5.41, 5.74) is 2.83. The Morgan fingerprint density at radius 3 is 3.00 bits per heavy atom. The highest BCUT2D eigenvalue weighted by Gasteiger charge is 2.20. The molecule has 1 amide bonds. The molecule has 2 rings (SSSR count). The lowest BCUT2D eigenvalue weighted by atomic mass is 10.0. The van der Waals surface area contributed by atoms with Gasteiger partial charge in [-0.15, -0.1) is 12.4 Å². The standard InChI is InChI=1S/C14H20N2OS.ClH/c1-15-8-6-14(17)16-10-13-12-5-3-2-4-11(12)7-9-18-13;/h2-5,13,15H,6-10H2,1H3,(H,16,17);1H. The Kier molecular flexibility index (Phi) is 7.28. The van der Waals surface area contributed by atoms with Crippen molar-refractivity contribution in [3.8, 4) is 0 Å². The summed E-state index contributed by atoms with van der Waals surface area (Å²) in [6.07, 6.45) is 1.70. The van der Waals surface area contributed by atoms with Crippen LogP contribution in [-0.2, 0) is 11.2 Å². The summed E-state index contributed by atoms with van der Waals surface area (Å²) >= 11 is 1.94. The number of hydrogen-bond acceptors (Lipinski definition) is 3. The number of benzene rings is 1. The molecule has 0 aliphatic carbocycles. The molecule has 1 atom stereocenters. The fourth-order valence-electron chi connectivity index (χ4n) is 2.18. The molecule has 19 heavy (non-hydrogen) atoms. The Morgan fingerprint density at radius 1 is 1.42 bits per heavy atom. The van der Waals surface area contributed by atoms with Crippen molar-refractivity contribution in [2.45, 2.75) is 18.1 Å². The van der Waals surface area contributed by atoms with Crippen molar-refractivity contribution in [2.75, 3.05) is 25.9 Å². The van der Waals surface area contributed by atoms with Crippen LogP contribution in [0.2, 0.25) is 0 Å². The van der Waals surface area contributed by atoms with Gasteiger partial charge in [-0.3, -0.25) is 4.79 Å². The van der Waals surface area contributed by atoms with Crippen LogP contribution in [0.4, 0.5) is 0 Å². The zero-order chi connectivity index (χ0) is 12.8. The number of carbonyl (C=O) groups is 1. The molecule has 1 aliphatic rings. The summed E-state index contributed by atoms with van der Waals surface area (Å²) in [6, 6.07) is 8.56. The Balaban J connectivity index is 0.00000180. The van der Waals surface area contributed by atoms with E-state index in [1.807, 2.05) is 18.8 Å². The number of halogens is 1. The Morgan fingerprint density at radius 2 is 2.21 bits per heavy atom. The van der Waals surface area contributed by atoms with E-state index in [0.717, 1.165) is 25.3 Å². The van der Waals surface area contributed by atoms with E-state index >= 15 is 0 Å². The Bertz CT molecular complexity index is 414. The fourth-order valence-corrected chi connectivity index (χ4v) is 3.41. The van der Waals surface area contributed by atoms with E-state index in [4.69, 9.17) is 0 Å². The highest BCUT2D eigenvalue weighted by atomic mass is 35.5. The van der Waals surface area contributed by atoms with Gasteiger partial charge in [-0.25, -0.2) is 0 Å². The molecule has 1 aromatic carbocycles. The molecule has 0 saturated carbocycles. The highest BCUT2D eigenvalue weighted by Crippen LogP contribution is 2.35. The largest absolute Gasteiger partial charge is 0.355 e. The molecule has 0 aromatic heterocycles. The van der Waals surface area contributed by atoms with Gasteiger partial charge in [0, 0.05) is 24.8 Å². The van der Waals surface area contributed by atoms with Crippen LogP contribution in [0.3, 0.4) is 0 Å². The zero-order valence-corrected chi connectivity index (χ0v) is 12.8.